The number of hydrogen-bond donors (Lipinski definition) is 2. The summed E-state index contributed by atoms with van der Waals surface area (Å²) in [6.45, 7) is 9.71. The van der Waals surface area contributed by atoms with E-state index in [-0.39, 0.29) is 43.4 Å². The zero-order valence-electron chi connectivity index (χ0n) is 41.0. The van der Waals surface area contributed by atoms with Gasteiger partial charge in [0.15, 0.2) is 5.82 Å². The first kappa shape index (κ1) is 51.8. The van der Waals surface area contributed by atoms with Crippen LogP contribution < -0.4 is 14.2 Å². The van der Waals surface area contributed by atoms with Crippen molar-refractivity contribution in [2.75, 3.05) is 53.7 Å². The molecule has 3 aromatic heterocycles. The molecule has 2 N–H and O–H groups in total. The van der Waals surface area contributed by atoms with Gasteiger partial charge < -0.3 is 29.0 Å². The third-order valence-corrected chi connectivity index (χ3v) is 15.5. The lowest BCUT2D eigenvalue weighted by Crippen LogP contribution is -2.31. The molecule has 2 atom stereocenters. The predicted octanol–water partition coefficient (Wildman–Crippen LogP) is 7.44. The van der Waals surface area contributed by atoms with Crippen molar-refractivity contribution in [3.63, 3.8) is 0 Å². The fourth-order valence-electron chi connectivity index (χ4n) is 8.52. The van der Waals surface area contributed by atoms with E-state index < -0.39 is 28.0 Å². The number of halogens is 1. The molecule has 8 rings (SSSR count). The van der Waals surface area contributed by atoms with Gasteiger partial charge in [0.05, 0.1) is 57.0 Å². The molecule has 0 bridgehead atoms. The smallest absolute Gasteiger partial charge is 0.304 e. The first-order valence-electron chi connectivity index (χ1n) is 23.2. The lowest BCUT2D eigenvalue weighted by Gasteiger charge is -2.20. The Morgan fingerprint density at radius 3 is 2.35 bits per heavy atom. The molecule has 4 aromatic carbocycles. The second kappa shape index (κ2) is 22.5. The van der Waals surface area contributed by atoms with Crippen LogP contribution in [0.1, 0.15) is 80.3 Å². The number of amides is 1. The Bertz CT molecular complexity index is 3240. The number of carbonyl (C=O) groups excluding carboxylic acids is 1. The third-order valence-electron chi connectivity index (χ3n) is 12.6. The summed E-state index contributed by atoms with van der Waals surface area (Å²) in [5.41, 5.74) is 7.97. The first-order valence-corrected chi connectivity index (χ1v) is 25.9. The molecule has 0 aliphatic carbocycles. The number of methoxy groups -OCH3 is 1. The van der Waals surface area contributed by atoms with Crippen molar-refractivity contribution >= 4 is 61.6 Å². The second-order valence-electron chi connectivity index (χ2n) is 17.4. The van der Waals surface area contributed by atoms with Gasteiger partial charge in [0.25, 0.3) is 0 Å². The van der Waals surface area contributed by atoms with Gasteiger partial charge in [-0.15, -0.1) is 26.6 Å². The van der Waals surface area contributed by atoms with Crippen LogP contribution in [0.5, 0.6) is 11.5 Å². The number of hydrogen-bond acceptors (Lipinski definition) is 14. The van der Waals surface area contributed by atoms with Crippen LogP contribution in [0.15, 0.2) is 88.8 Å². The molecule has 1 aliphatic rings. The molecule has 1 unspecified atom stereocenters. The van der Waals surface area contributed by atoms with Crippen LogP contribution in [0, 0.1) is 27.7 Å². The van der Waals surface area contributed by atoms with E-state index in [2.05, 4.69) is 39.1 Å². The number of aromatic nitrogens is 6. The molecule has 4 heterocycles. The number of carbonyl (C=O) groups is 2. The number of nitrogens with zero attached hydrogens (tertiary/aromatic N) is 8. The second-order valence-corrected chi connectivity index (χ2v) is 20.8. The van der Waals surface area contributed by atoms with Crippen LogP contribution in [0.3, 0.4) is 0 Å². The van der Waals surface area contributed by atoms with Gasteiger partial charge in [-0.05, 0) is 104 Å². The molecule has 21 heteroatoms. The molecule has 378 valence electrons. The summed E-state index contributed by atoms with van der Waals surface area (Å²) >= 11 is 7.91. The topological polar surface area (TPSA) is 214 Å². The zero-order valence-corrected chi connectivity index (χ0v) is 43.4. The summed E-state index contributed by atoms with van der Waals surface area (Å²) in [6, 6.07) is 22.2. The number of fused-ring (bicyclic) bond motifs is 4. The van der Waals surface area contributed by atoms with E-state index in [4.69, 9.17) is 35.5 Å². The van der Waals surface area contributed by atoms with Crippen molar-refractivity contribution in [2.24, 2.45) is 12.0 Å². The number of carboxylic acids is 1. The average molecular weight is 1040 g/mol. The van der Waals surface area contributed by atoms with Crippen molar-refractivity contribution in [2.45, 2.75) is 63.9 Å². The van der Waals surface area contributed by atoms with Crippen LogP contribution in [0.2, 0.25) is 5.02 Å². The highest BCUT2D eigenvalue weighted by Gasteiger charge is 2.33. The standard InChI is InChI=1S/C51H56ClN9O9S2/c1-30-8-9-35(41(27-46(63)64)36-25-42-49(44(26-36)67-7)60(6)58-56-42)24-37(30)29-53-72(65,66)40-16-14-39(15-17-40)70-23-22-69-21-20-68-19-18-59(5)45(62)28-43-50-57-55-33(4)61(50)51-47(31(2)32(3)71-51)48(54-43)34-10-12-38(52)13-11-34/h8-17,24-26,41,43,53H,18-23,27-29H2,1-7H3,(H,63,64)/t41?,43-/m0/s1. The maximum Gasteiger partial charge on any atom is 0.304 e. The number of nitrogens with one attached hydrogen (secondary N) is 1. The summed E-state index contributed by atoms with van der Waals surface area (Å²) < 4.78 is 56.0. The third kappa shape index (κ3) is 11.5. The number of thiophene rings is 1. The van der Waals surface area contributed by atoms with Gasteiger partial charge in [-0.3, -0.25) is 19.1 Å². The fourth-order valence-corrected chi connectivity index (χ4v) is 10.9. The van der Waals surface area contributed by atoms with E-state index in [0.717, 1.165) is 38.8 Å². The van der Waals surface area contributed by atoms with E-state index >= 15 is 0 Å². The van der Waals surface area contributed by atoms with Crippen molar-refractivity contribution in [3.8, 4) is 16.5 Å². The molecule has 1 aliphatic heterocycles. The number of ether oxygens (including phenoxy) is 4. The molecule has 72 heavy (non-hydrogen) atoms. The summed E-state index contributed by atoms with van der Waals surface area (Å²) in [6.07, 6.45) is -0.119. The van der Waals surface area contributed by atoms with Gasteiger partial charge in [0, 0.05) is 54.1 Å². The largest absolute Gasteiger partial charge is 0.494 e. The van der Waals surface area contributed by atoms with E-state index in [0.29, 0.717) is 76.4 Å². The fraction of sp³-hybridized carbons (Fsp3) is 0.353. The number of likely N-dealkylation sites (N-methyl/N-ethyl adjacent to an activating group) is 1. The molecule has 0 spiro atoms. The predicted molar refractivity (Wildman–Crippen MR) is 273 cm³/mol. The Labute approximate surface area is 426 Å². The number of sulfonamides is 1. The first-order chi connectivity index (χ1) is 34.5. The highest BCUT2D eigenvalue weighted by Crippen LogP contribution is 2.40. The van der Waals surface area contributed by atoms with Crippen LogP contribution in [0.25, 0.3) is 16.0 Å². The van der Waals surface area contributed by atoms with Crippen LogP contribution in [-0.4, -0.2) is 120 Å². The van der Waals surface area contributed by atoms with Crippen molar-refractivity contribution in [1.29, 1.82) is 0 Å². The number of aliphatic imine (C=N–C) groups is 1. The SMILES string of the molecule is COc1cc(C(CC(=O)O)c2ccc(C)c(CNS(=O)(=O)c3ccc(OCCOCCOCCN(C)C(=O)C[C@@H]4N=C(c5ccc(Cl)cc5)c5c(sc(C)c5C)-n5c(C)nnc54)cc3)c2)cc2nnn(C)c12. The molecule has 0 fully saturated rings. The van der Waals surface area contributed by atoms with Crippen molar-refractivity contribution < 1.29 is 42.1 Å². The minimum Gasteiger partial charge on any atom is -0.494 e. The Balaban J connectivity index is 0.774. The minimum absolute atomic E-state index is 0.0202. The van der Waals surface area contributed by atoms with Gasteiger partial charge in [-0.2, -0.15) is 0 Å². The molecular formula is C51H56ClN9O9S2. The highest BCUT2D eigenvalue weighted by atomic mass is 35.5. The van der Waals surface area contributed by atoms with Crippen molar-refractivity contribution in [1.82, 2.24) is 39.4 Å². The number of aryl methyl sites for hydroxylation is 4. The summed E-state index contributed by atoms with van der Waals surface area (Å²) in [5.74, 6) is 0.649. The van der Waals surface area contributed by atoms with Gasteiger partial charge in [-0.25, -0.2) is 17.8 Å². The number of benzene rings is 4. The maximum absolute atomic E-state index is 13.6. The van der Waals surface area contributed by atoms with E-state index in [1.54, 1.807) is 59.3 Å². The summed E-state index contributed by atoms with van der Waals surface area (Å²) in [7, 11) is 1.10. The Kier molecular flexibility index (Phi) is 16.2. The highest BCUT2D eigenvalue weighted by molar-refractivity contribution is 7.89. The Hall–Kier alpha value is -6.55. The summed E-state index contributed by atoms with van der Waals surface area (Å²) in [5, 5.41) is 28.7. The van der Waals surface area contributed by atoms with Gasteiger partial charge in [-0.1, -0.05) is 47.1 Å². The number of rotatable bonds is 22. The van der Waals surface area contributed by atoms with Crippen LogP contribution in [0.4, 0.5) is 0 Å². The van der Waals surface area contributed by atoms with E-state index in [9.17, 15) is 23.1 Å². The molecule has 0 radical (unpaired) electrons. The molecule has 1 amide bonds. The van der Waals surface area contributed by atoms with Crippen molar-refractivity contribution in [3.05, 3.63) is 139 Å². The normalized spacial score (nSPS) is 13.8. The molecule has 18 nitrogen and oxygen atoms in total. The molecular weight excluding hydrogens is 982 g/mol. The number of aliphatic carboxylic acids is 1. The monoisotopic (exact) mass is 1040 g/mol. The van der Waals surface area contributed by atoms with Gasteiger partial charge in [0.1, 0.15) is 46.0 Å². The molecule has 7 aromatic rings. The van der Waals surface area contributed by atoms with Gasteiger partial charge in [0.2, 0.25) is 15.9 Å². The summed E-state index contributed by atoms with van der Waals surface area (Å²) in [4.78, 5) is 33.8. The quantitative estimate of drug-likeness (QED) is 0.0633. The molecule has 0 saturated carbocycles. The Morgan fingerprint density at radius 1 is 0.903 bits per heavy atom. The lowest BCUT2D eigenvalue weighted by atomic mass is 9.86. The lowest BCUT2D eigenvalue weighted by molar-refractivity contribution is -0.137. The minimum atomic E-state index is -3.93. The molecule has 0 saturated heterocycles. The van der Waals surface area contributed by atoms with Crippen LogP contribution >= 0.6 is 22.9 Å². The van der Waals surface area contributed by atoms with E-state index in [1.807, 2.05) is 60.9 Å². The van der Waals surface area contributed by atoms with Crippen LogP contribution in [-0.2, 0) is 42.7 Å². The van der Waals surface area contributed by atoms with E-state index in [1.165, 1.54) is 24.1 Å². The maximum atomic E-state index is 13.6. The Morgan fingerprint density at radius 2 is 1.62 bits per heavy atom. The van der Waals surface area contributed by atoms with Gasteiger partial charge >= 0.3 is 5.97 Å². The average Bonchev–Trinajstić information content (AvgIpc) is 4.00. The zero-order chi connectivity index (χ0) is 51.3. The number of carboxylic acid groups (broad SMARTS) is 1.